The number of ether oxygens (including phenoxy) is 2. The Kier molecular flexibility index (Phi) is 8.02. The molecule has 5 aromatic rings. The molecule has 2 aromatic heterocycles. The molecule has 39 heavy (non-hydrogen) atoms. The number of nitro benzene ring substituents is 1. The van der Waals surface area contributed by atoms with Crippen LogP contribution in [0.1, 0.15) is 20.7 Å². The molecule has 0 aliphatic carbocycles. The second kappa shape index (κ2) is 11.4. The summed E-state index contributed by atoms with van der Waals surface area (Å²) in [4.78, 5) is 41.4. The highest BCUT2D eigenvalue weighted by Crippen LogP contribution is 2.30. The van der Waals surface area contributed by atoms with Gasteiger partial charge in [0.05, 0.1) is 51.5 Å². The Balaban J connectivity index is 0.000000215. The zero-order valence-corrected chi connectivity index (χ0v) is 22.2. The largest absolute Gasteiger partial charge is 0.465 e. The van der Waals surface area contributed by atoms with Gasteiger partial charge in [-0.05, 0) is 48.5 Å². The van der Waals surface area contributed by atoms with Crippen molar-refractivity contribution in [1.29, 1.82) is 0 Å². The van der Waals surface area contributed by atoms with Gasteiger partial charge >= 0.3 is 11.9 Å². The Bertz CT molecular complexity index is 1740. The number of nitrogens with one attached hydrogen (secondary N) is 1. The molecule has 0 aliphatic rings. The van der Waals surface area contributed by atoms with E-state index in [9.17, 15) is 24.1 Å². The number of nitro groups is 1. The van der Waals surface area contributed by atoms with Crippen molar-refractivity contribution in [3.8, 4) is 0 Å². The minimum atomic E-state index is -0.658. The SMILES string of the molecule is COC(=O)c1ccc(Cl)c([N+](=O)[O-])c1.COC(=O)c1ccc2c(c1)nc(Nc1nc3ccc(F)cc3s1)n2C. The van der Waals surface area contributed by atoms with E-state index in [-0.39, 0.29) is 22.1 Å². The van der Waals surface area contributed by atoms with Crippen LogP contribution in [0.25, 0.3) is 21.3 Å². The van der Waals surface area contributed by atoms with Crippen LogP contribution in [0.5, 0.6) is 0 Å². The van der Waals surface area contributed by atoms with Gasteiger partial charge in [-0.1, -0.05) is 22.9 Å². The molecule has 11 nitrogen and oxygen atoms in total. The number of benzene rings is 3. The van der Waals surface area contributed by atoms with Crippen molar-refractivity contribution >= 4 is 72.9 Å². The van der Waals surface area contributed by atoms with E-state index in [0.29, 0.717) is 22.2 Å². The van der Waals surface area contributed by atoms with E-state index in [0.717, 1.165) is 21.8 Å². The third-order valence-electron chi connectivity index (χ3n) is 5.44. The van der Waals surface area contributed by atoms with Crippen molar-refractivity contribution in [3.63, 3.8) is 0 Å². The van der Waals surface area contributed by atoms with Gasteiger partial charge in [0.1, 0.15) is 10.8 Å². The number of methoxy groups -OCH3 is 2. The number of fused-ring (bicyclic) bond motifs is 2. The third-order valence-corrected chi connectivity index (χ3v) is 6.69. The Morgan fingerprint density at radius 2 is 1.67 bits per heavy atom. The summed E-state index contributed by atoms with van der Waals surface area (Å²) in [5.74, 6) is -0.752. The van der Waals surface area contributed by atoms with Crippen LogP contribution in [0.3, 0.4) is 0 Å². The van der Waals surface area contributed by atoms with Gasteiger partial charge in [-0.2, -0.15) is 0 Å². The maximum atomic E-state index is 13.3. The van der Waals surface area contributed by atoms with Crippen molar-refractivity contribution in [2.75, 3.05) is 19.5 Å². The lowest BCUT2D eigenvalue weighted by molar-refractivity contribution is -0.384. The van der Waals surface area contributed by atoms with Gasteiger partial charge in [0.25, 0.3) is 5.69 Å². The van der Waals surface area contributed by atoms with Gasteiger partial charge in [0, 0.05) is 13.1 Å². The molecule has 0 radical (unpaired) electrons. The Morgan fingerprint density at radius 1 is 1.00 bits per heavy atom. The van der Waals surface area contributed by atoms with E-state index < -0.39 is 16.9 Å². The molecule has 0 spiro atoms. The van der Waals surface area contributed by atoms with Gasteiger partial charge in [0.15, 0.2) is 5.13 Å². The van der Waals surface area contributed by atoms with Crippen LogP contribution < -0.4 is 5.32 Å². The molecule has 0 saturated heterocycles. The van der Waals surface area contributed by atoms with Crippen LogP contribution in [0.15, 0.2) is 54.6 Å². The average Bonchev–Trinajstić information content (AvgIpc) is 3.47. The summed E-state index contributed by atoms with van der Waals surface area (Å²) in [6.07, 6.45) is 0. The van der Waals surface area contributed by atoms with Crippen molar-refractivity contribution in [1.82, 2.24) is 14.5 Å². The number of halogens is 2. The first-order valence-electron chi connectivity index (χ1n) is 11.0. The number of imidazole rings is 1. The summed E-state index contributed by atoms with van der Waals surface area (Å²) in [7, 11) is 4.40. The molecule has 0 saturated carbocycles. The highest BCUT2D eigenvalue weighted by atomic mass is 35.5. The van der Waals surface area contributed by atoms with Crippen LogP contribution >= 0.6 is 22.9 Å². The molecular weight excluding hydrogens is 553 g/mol. The van der Waals surface area contributed by atoms with Crippen molar-refractivity contribution in [2.24, 2.45) is 7.05 Å². The molecule has 3 aromatic carbocycles. The van der Waals surface area contributed by atoms with Crippen LogP contribution in [0.2, 0.25) is 5.02 Å². The second-order valence-corrected chi connectivity index (χ2v) is 9.30. The normalized spacial score (nSPS) is 10.6. The summed E-state index contributed by atoms with van der Waals surface area (Å²) >= 11 is 6.89. The predicted molar refractivity (Wildman–Crippen MR) is 144 cm³/mol. The molecule has 2 heterocycles. The Morgan fingerprint density at radius 3 is 2.33 bits per heavy atom. The molecule has 5 rings (SSSR count). The quantitative estimate of drug-likeness (QED) is 0.155. The lowest BCUT2D eigenvalue weighted by Crippen LogP contribution is -2.02. The van der Waals surface area contributed by atoms with E-state index in [1.165, 1.54) is 49.8 Å². The number of hydrogen-bond acceptors (Lipinski definition) is 10. The third kappa shape index (κ3) is 5.94. The molecule has 1 N–H and O–H groups in total. The maximum Gasteiger partial charge on any atom is 0.338 e. The number of esters is 2. The van der Waals surface area contributed by atoms with Gasteiger partial charge in [-0.25, -0.2) is 23.9 Å². The monoisotopic (exact) mass is 571 g/mol. The molecular formula is C25H19ClFN5O6S. The Hall–Kier alpha value is -4.62. The van der Waals surface area contributed by atoms with Crippen LogP contribution in [-0.4, -0.2) is 45.6 Å². The number of aryl methyl sites for hydroxylation is 1. The zero-order chi connectivity index (χ0) is 28.3. The molecule has 0 unspecified atom stereocenters. The Labute approximate surface area is 228 Å². The summed E-state index contributed by atoms with van der Waals surface area (Å²) in [6, 6.07) is 13.4. The standard InChI is InChI=1S/C17H13FN4O2S.C8H6ClNO4/c1-22-13-6-3-9(15(23)24-2)7-12(13)19-16(22)21-17-20-11-5-4-10(18)8-14(11)25-17;1-14-8(11)5-2-3-6(9)7(4-5)10(12)13/h3-8H,1-2H3,(H,19,20,21);2-4H,1H3. The van der Waals surface area contributed by atoms with Crippen molar-refractivity contribution in [3.05, 3.63) is 86.7 Å². The lowest BCUT2D eigenvalue weighted by Gasteiger charge is -2.02. The molecule has 0 amide bonds. The fourth-order valence-electron chi connectivity index (χ4n) is 3.50. The van der Waals surface area contributed by atoms with E-state index in [4.69, 9.17) is 16.3 Å². The number of thiazole rings is 1. The number of hydrogen-bond donors (Lipinski definition) is 1. The average molecular weight is 572 g/mol. The fraction of sp³-hybridized carbons (Fsp3) is 0.120. The number of rotatable bonds is 5. The van der Waals surface area contributed by atoms with Gasteiger partial charge in [0.2, 0.25) is 5.95 Å². The molecule has 0 fully saturated rings. The number of nitrogens with zero attached hydrogens (tertiary/aromatic N) is 4. The molecule has 0 atom stereocenters. The zero-order valence-electron chi connectivity index (χ0n) is 20.6. The highest BCUT2D eigenvalue weighted by molar-refractivity contribution is 7.22. The number of carbonyl (C=O) groups excluding carboxylic acids is 2. The van der Waals surface area contributed by atoms with Crippen LogP contribution in [0, 0.1) is 15.9 Å². The molecule has 0 aliphatic heterocycles. The van der Waals surface area contributed by atoms with Crippen LogP contribution in [-0.2, 0) is 16.5 Å². The van der Waals surface area contributed by atoms with Gasteiger partial charge in [-0.15, -0.1) is 0 Å². The smallest absolute Gasteiger partial charge is 0.338 e. The van der Waals surface area contributed by atoms with Crippen molar-refractivity contribution < 1.29 is 28.4 Å². The van der Waals surface area contributed by atoms with E-state index in [2.05, 4.69) is 20.0 Å². The first-order chi connectivity index (χ1) is 18.6. The molecule has 14 heteroatoms. The predicted octanol–water partition coefficient (Wildman–Crippen LogP) is 5.89. The van der Waals surface area contributed by atoms with Gasteiger partial charge in [-0.3, -0.25) is 10.1 Å². The molecule has 0 bridgehead atoms. The topological polar surface area (TPSA) is 138 Å². The summed E-state index contributed by atoms with van der Waals surface area (Å²) < 4.78 is 25.1. The van der Waals surface area contributed by atoms with Crippen LogP contribution in [0.4, 0.5) is 21.2 Å². The second-order valence-electron chi connectivity index (χ2n) is 7.86. The number of aromatic nitrogens is 3. The number of anilines is 2. The first kappa shape index (κ1) is 27.4. The summed E-state index contributed by atoms with van der Waals surface area (Å²) in [6.45, 7) is 0. The minimum absolute atomic E-state index is 0.0114. The first-order valence-corrected chi connectivity index (χ1v) is 12.2. The minimum Gasteiger partial charge on any atom is -0.465 e. The summed E-state index contributed by atoms with van der Waals surface area (Å²) in [5.41, 5.74) is 2.48. The van der Waals surface area contributed by atoms with E-state index in [1.54, 1.807) is 18.2 Å². The lowest BCUT2D eigenvalue weighted by atomic mass is 10.2. The molecule has 200 valence electrons. The van der Waals surface area contributed by atoms with E-state index >= 15 is 0 Å². The van der Waals surface area contributed by atoms with E-state index in [1.807, 2.05) is 17.7 Å². The number of carbonyl (C=O) groups is 2. The summed E-state index contributed by atoms with van der Waals surface area (Å²) in [5, 5.41) is 14.2. The van der Waals surface area contributed by atoms with Gasteiger partial charge < -0.3 is 19.4 Å². The highest BCUT2D eigenvalue weighted by Gasteiger charge is 2.16. The fourth-order valence-corrected chi connectivity index (χ4v) is 4.57. The maximum absolute atomic E-state index is 13.3. The van der Waals surface area contributed by atoms with Crippen molar-refractivity contribution in [2.45, 2.75) is 0 Å².